The molecule has 9 aromatic rings. The van der Waals surface area contributed by atoms with E-state index >= 15 is 0 Å². The van der Waals surface area contributed by atoms with E-state index in [9.17, 15) is 27.6 Å². The Morgan fingerprint density at radius 3 is 1.10 bits per heavy atom. The van der Waals surface area contributed by atoms with Crippen LogP contribution in [-0.4, -0.2) is 52.3 Å². The average molecular weight is 1040 g/mol. The van der Waals surface area contributed by atoms with E-state index in [2.05, 4.69) is 25.6 Å². The molecule has 3 aromatic heterocycles. The van der Waals surface area contributed by atoms with Crippen molar-refractivity contribution in [3.8, 4) is 68.3 Å². The quantitative estimate of drug-likeness (QED) is 0.0548. The van der Waals surface area contributed by atoms with E-state index in [4.69, 9.17) is 24.7 Å². The first-order chi connectivity index (χ1) is 37.3. The Bertz CT molecular complexity index is 3330. The van der Waals surface area contributed by atoms with Crippen molar-refractivity contribution in [2.75, 3.05) is 7.11 Å². The van der Waals surface area contributed by atoms with Crippen molar-refractivity contribution in [1.82, 2.24) is 25.6 Å². The lowest BCUT2D eigenvalue weighted by Gasteiger charge is -2.12. The topological polar surface area (TPSA) is 177 Å². The maximum absolute atomic E-state index is 13.0. The second-order valence-electron chi connectivity index (χ2n) is 17.0. The zero-order valence-electron chi connectivity index (χ0n) is 42.1. The summed E-state index contributed by atoms with van der Waals surface area (Å²) in [5, 5.41) is 6.12. The molecular weight excluding hydrogens is 986 g/mol. The molecular formula is C61H53F3N6O7. The van der Waals surface area contributed by atoms with Crippen molar-refractivity contribution < 1.29 is 46.5 Å². The number of esters is 1. The lowest BCUT2D eigenvalue weighted by Crippen LogP contribution is -2.38. The number of amides is 1. The van der Waals surface area contributed by atoms with Gasteiger partial charge in [-0.05, 0) is 196 Å². The fraction of sp³-hybridized carbons (Fsp3) is 0.115. The Morgan fingerprint density at radius 1 is 0.468 bits per heavy atom. The van der Waals surface area contributed by atoms with Crippen LogP contribution in [0.2, 0.25) is 0 Å². The molecule has 4 N–H and O–H groups in total. The molecule has 390 valence electrons. The van der Waals surface area contributed by atoms with Crippen molar-refractivity contribution in [3.05, 3.63) is 235 Å². The molecule has 0 fully saturated rings. The van der Waals surface area contributed by atoms with E-state index in [1.54, 1.807) is 74.5 Å². The van der Waals surface area contributed by atoms with E-state index < -0.39 is 18.0 Å². The molecule has 3 heterocycles. The van der Waals surface area contributed by atoms with Gasteiger partial charge in [0.05, 0.1) is 41.6 Å². The highest BCUT2D eigenvalue weighted by atomic mass is 19.1. The second kappa shape index (κ2) is 27.7. The Hall–Kier alpha value is -9.51. The van der Waals surface area contributed by atoms with Gasteiger partial charge >= 0.3 is 5.97 Å². The molecule has 6 aromatic carbocycles. The maximum Gasteiger partial charge on any atom is 0.322 e. The molecule has 16 heteroatoms. The Labute approximate surface area is 443 Å². The number of ether oxygens (including phenoxy) is 4. The van der Waals surface area contributed by atoms with Gasteiger partial charge in [0.1, 0.15) is 63.7 Å². The van der Waals surface area contributed by atoms with Gasteiger partial charge in [-0.1, -0.05) is 18.2 Å². The molecule has 77 heavy (non-hydrogen) atoms. The first-order valence-electron chi connectivity index (χ1n) is 24.1. The van der Waals surface area contributed by atoms with E-state index in [1.165, 1.54) is 43.5 Å². The summed E-state index contributed by atoms with van der Waals surface area (Å²) in [5.41, 5.74) is 12.4. The molecule has 0 unspecified atom stereocenters. The summed E-state index contributed by atoms with van der Waals surface area (Å²) >= 11 is 0. The van der Waals surface area contributed by atoms with Crippen LogP contribution in [0, 0.1) is 17.5 Å². The van der Waals surface area contributed by atoms with Gasteiger partial charge in [-0.3, -0.25) is 29.7 Å². The van der Waals surface area contributed by atoms with E-state index in [0.717, 1.165) is 51.4 Å². The molecule has 9 rings (SSSR count). The number of halogens is 3. The van der Waals surface area contributed by atoms with Crippen LogP contribution < -0.4 is 30.6 Å². The number of nitrogens with zero attached hydrogens (tertiary/aromatic N) is 3. The number of pyridine rings is 3. The maximum atomic E-state index is 13.0. The van der Waals surface area contributed by atoms with Crippen LogP contribution in [0.1, 0.15) is 35.7 Å². The minimum Gasteiger partial charge on any atom is -0.468 e. The number of nitrogens with two attached hydrogens (primary N) is 1. The number of hydrogen-bond acceptors (Lipinski definition) is 12. The first kappa shape index (κ1) is 55.2. The van der Waals surface area contributed by atoms with E-state index in [0.29, 0.717) is 53.3 Å². The average Bonchev–Trinajstić information content (AvgIpc) is 3.46. The van der Waals surface area contributed by atoms with Gasteiger partial charge in [0.2, 0.25) is 5.91 Å². The van der Waals surface area contributed by atoms with Crippen molar-refractivity contribution in [2.24, 2.45) is 5.73 Å². The largest absolute Gasteiger partial charge is 0.468 e. The smallest absolute Gasteiger partial charge is 0.322 e. The van der Waals surface area contributed by atoms with Gasteiger partial charge in [-0.25, -0.2) is 18.2 Å². The monoisotopic (exact) mass is 1040 g/mol. The van der Waals surface area contributed by atoms with Gasteiger partial charge in [-0.15, -0.1) is 0 Å². The lowest BCUT2D eigenvalue weighted by molar-refractivity contribution is -0.142. The van der Waals surface area contributed by atoms with Gasteiger partial charge in [0, 0.05) is 29.8 Å². The Balaban J connectivity index is 0.000000169. The molecule has 13 nitrogen and oxygen atoms in total. The van der Waals surface area contributed by atoms with Crippen molar-refractivity contribution in [2.45, 2.75) is 39.0 Å². The second-order valence-corrected chi connectivity index (χ2v) is 17.0. The molecule has 0 spiro atoms. The molecule has 0 saturated heterocycles. The van der Waals surface area contributed by atoms with Crippen LogP contribution in [0.25, 0.3) is 33.8 Å². The number of carbonyl (C=O) groups is 3. The number of hydrogen-bond donors (Lipinski definition) is 3. The molecule has 0 radical (unpaired) electrons. The van der Waals surface area contributed by atoms with E-state index in [1.807, 2.05) is 103 Å². The summed E-state index contributed by atoms with van der Waals surface area (Å²) in [6.45, 7) is 4.36. The van der Waals surface area contributed by atoms with Crippen molar-refractivity contribution in [3.63, 3.8) is 0 Å². The fourth-order valence-corrected chi connectivity index (χ4v) is 7.03. The van der Waals surface area contributed by atoms with Gasteiger partial charge in [0.25, 0.3) is 0 Å². The van der Waals surface area contributed by atoms with Gasteiger partial charge in [0.15, 0.2) is 6.29 Å². The van der Waals surface area contributed by atoms with Crippen LogP contribution in [0.4, 0.5) is 13.2 Å². The fourth-order valence-electron chi connectivity index (χ4n) is 7.03. The third-order valence-electron chi connectivity index (χ3n) is 11.3. The summed E-state index contributed by atoms with van der Waals surface area (Å²) < 4.78 is 60.5. The lowest BCUT2D eigenvalue weighted by atomic mass is 10.1. The first-order valence-corrected chi connectivity index (χ1v) is 24.1. The zero-order chi connectivity index (χ0) is 54.5. The highest BCUT2D eigenvalue weighted by Crippen LogP contribution is 2.28. The third-order valence-corrected chi connectivity index (χ3v) is 11.3. The predicted molar refractivity (Wildman–Crippen MR) is 288 cm³/mol. The summed E-state index contributed by atoms with van der Waals surface area (Å²) in [6, 6.07) is 55.8. The predicted octanol–water partition coefficient (Wildman–Crippen LogP) is 12.5. The van der Waals surface area contributed by atoms with Crippen LogP contribution in [0.15, 0.2) is 200 Å². The number of methoxy groups -OCH3 is 1. The Morgan fingerprint density at radius 2 is 0.779 bits per heavy atom. The van der Waals surface area contributed by atoms with Gasteiger partial charge < -0.3 is 30.0 Å². The molecule has 1 amide bonds. The number of carbonyl (C=O) groups excluding carboxylic acids is 3. The number of aromatic nitrogens is 3. The van der Waals surface area contributed by atoms with E-state index in [-0.39, 0.29) is 23.4 Å². The zero-order valence-corrected chi connectivity index (χ0v) is 42.1. The standard InChI is InChI=1S/C22H21FN2O3.C21H20FN3O2.C18H12FNO2/c1-15(22(26)27-2)24-14-18-4-3-5-21(25-18)16-6-10-19(11-7-16)28-20-12-8-17(23)9-13-20;1-14(21(23)26)24-13-17-3-2-4-20(25-17)15-5-9-18(10-6-15)27-19-11-7-16(22)8-12-19;19-14-6-10-17(11-7-14)22-16-8-4-13(5-9-16)18-3-1-2-15(12-21)20-18/h3-13,15,24H,14H2,1-2H3;2-12,14,24H,13H2,1H3,(H2,23,26);1-12H/t15-;14-;/m00./s1. The summed E-state index contributed by atoms with van der Waals surface area (Å²) in [5.74, 6) is 2.03. The molecule has 0 aliphatic heterocycles. The summed E-state index contributed by atoms with van der Waals surface area (Å²) in [7, 11) is 1.36. The van der Waals surface area contributed by atoms with Crippen LogP contribution in [0.3, 0.4) is 0 Å². The normalized spacial score (nSPS) is 11.3. The number of primary amides is 1. The SMILES string of the molecule is COC(=O)[C@H](C)NCc1cccc(-c2ccc(Oc3ccc(F)cc3)cc2)n1.C[C@H](NCc1cccc(-c2ccc(Oc3ccc(F)cc3)cc2)n1)C(N)=O.O=Cc1cccc(-c2ccc(Oc3ccc(F)cc3)cc2)n1. The van der Waals surface area contributed by atoms with Gasteiger partial charge in [-0.2, -0.15) is 0 Å². The molecule has 0 aliphatic rings. The number of nitrogens with one attached hydrogen (secondary N) is 2. The van der Waals surface area contributed by atoms with Crippen molar-refractivity contribution in [1.29, 1.82) is 0 Å². The Kier molecular flexibility index (Phi) is 19.9. The number of aldehydes is 1. The highest BCUT2D eigenvalue weighted by molar-refractivity contribution is 5.79. The van der Waals surface area contributed by atoms with Crippen molar-refractivity contribution >= 4 is 18.2 Å². The molecule has 0 saturated carbocycles. The van der Waals surface area contributed by atoms with Crippen LogP contribution >= 0.6 is 0 Å². The molecule has 2 atom stereocenters. The molecule has 0 bridgehead atoms. The van der Waals surface area contributed by atoms with Crippen LogP contribution in [-0.2, 0) is 27.4 Å². The van der Waals surface area contributed by atoms with Crippen LogP contribution in [0.5, 0.6) is 34.5 Å². The molecule has 0 aliphatic carbocycles. The third kappa shape index (κ3) is 17.3. The summed E-state index contributed by atoms with van der Waals surface area (Å²) in [6.07, 6.45) is 0.718. The minimum absolute atomic E-state index is 0.302. The number of benzene rings is 6. The summed E-state index contributed by atoms with van der Waals surface area (Å²) in [4.78, 5) is 46.8. The minimum atomic E-state index is -0.418. The number of rotatable bonds is 18. The highest BCUT2D eigenvalue weighted by Gasteiger charge is 2.13.